The van der Waals surface area contributed by atoms with Gasteiger partial charge in [-0.1, -0.05) is 6.07 Å². The number of hydrogen-bond donors (Lipinski definition) is 0. The van der Waals surface area contributed by atoms with E-state index in [4.69, 9.17) is 4.74 Å². The van der Waals surface area contributed by atoms with Crippen LogP contribution in [0.15, 0.2) is 24.3 Å². The van der Waals surface area contributed by atoms with Crippen molar-refractivity contribution in [3.63, 3.8) is 0 Å². The molecule has 1 aliphatic rings. The molecule has 1 aliphatic heterocycles. The van der Waals surface area contributed by atoms with E-state index in [1.165, 1.54) is 46.9 Å². The summed E-state index contributed by atoms with van der Waals surface area (Å²) in [4.78, 5) is 39.6. The molecule has 0 spiro atoms. The van der Waals surface area contributed by atoms with Crippen LogP contribution in [0.25, 0.3) is 0 Å². The van der Waals surface area contributed by atoms with Crippen molar-refractivity contribution in [3.8, 4) is 0 Å². The van der Waals surface area contributed by atoms with Crippen molar-refractivity contribution in [1.29, 1.82) is 0 Å². The topological polar surface area (TPSA) is 66.9 Å². The molecule has 0 radical (unpaired) electrons. The highest BCUT2D eigenvalue weighted by Gasteiger charge is 2.37. The SMILES string of the molecule is COC(=O)C1CN(C(=O)c2cccc(F)c2)CCN1C(=O)CSC. The molecule has 6 nitrogen and oxygen atoms in total. The smallest absolute Gasteiger partial charge is 0.330 e. The largest absolute Gasteiger partial charge is 0.467 e. The number of carbonyl (C=O) groups excluding carboxylic acids is 3. The van der Waals surface area contributed by atoms with E-state index < -0.39 is 17.8 Å². The number of thioether (sulfide) groups is 1. The highest BCUT2D eigenvalue weighted by atomic mass is 32.2. The van der Waals surface area contributed by atoms with Crippen LogP contribution < -0.4 is 0 Å². The number of benzene rings is 1. The van der Waals surface area contributed by atoms with Crippen molar-refractivity contribution in [2.75, 3.05) is 38.8 Å². The summed E-state index contributed by atoms with van der Waals surface area (Å²) in [5.74, 6) is -1.36. The van der Waals surface area contributed by atoms with Gasteiger partial charge in [0, 0.05) is 18.7 Å². The quantitative estimate of drug-likeness (QED) is 0.755. The molecule has 0 N–H and O–H groups in total. The molecule has 1 heterocycles. The molecule has 0 aromatic heterocycles. The Morgan fingerprint density at radius 3 is 2.71 bits per heavy atom. The van der Waals surface area contributed by atoms with Crippen LogP contribution in [0, 0.1) is 5.82 Å². The Balaban J connectivity index is 2.17. The van der Waals surface area contributed by atoms with Gasteiger partial charge >= 0.3 is 5.97 Å². The van der Waals surface area contributed by atoms with E-state index in [9.17, 15) is 18.8 Å². The lowest BCUT2D eigenvalue weighted by Crippen LogP contribution is -2.60. The summed E-state index contributed by atoms with van der Waals surface area (Å²) in [5.41, 5.74) is 0.211. The lowest BCUT2D eigenvalue weighted by molar-refractivity contribution is -0.154. The van der Waals surface area contributed by atoms with Gasteiger partial charge in [0.25, 0.3) is 5.91 Å². The molecule has 1 fully saturated rings. The van der Waals surface area contributed by atoms with Gasteiger partial charge in [-0.3, -0.25) is 9.59 Å². The first-order valence-electron chi connectivity index (χ1n) is 7.39. The summed E-state index contributed by atoms with van der Waals surface area (Å²) in [5, 5.41) is 0. The molecule has 1 aromatic carbocycles. The minimum Gasteiger partial charge on any atom is -0.467 e. The summed E-state index contributed by atoms with van der Waals surface area (Å²) in [6.07, 6.45) is 1.80. The van der Waals surface area contributed by atoms with Crippen molar-refractivity contribution in [1.82, 2.24) is 9.80 Å². The fourth-order valence-electron chi connectivity index (χ4n) is 2.61. The summed E-state index contributed by atoms with van der Waals surface area (Å²) in [7, 11) is 1.24. The molecule has 2 amide bonds. The van der Waals surface area contributed by atoms with Crippen molar-refractivity contribution in [3.05, 3.63) is 35.6 Å². The minimum atomic E-state index is -0.846. The maximum Gasteiger partial charge on any atom is 0.330 e. The third-order valence-corrected chi connectivity index (χ3v) is 4.34. The molecule has 1 atom stereocenters. The monoisotopic (exact) mass is 354 g/mol. The average Bonchev–Trinajstić information content (AvgIpc) is 2.60. The molecule has 1 saturated heterocycles. The number of halogens is 1. The second-order valence-electron chi connectivity index (χ2n) is 5.32. The van der Waals surface area contributed by atoms with Gasteiger partial charge in [0.15, 0.2) is 0 Å². The normalized spacial score (nSPS) is 17.5. The summed E-state index contributed by atoms with van der Waals surface area (Å²) in [6.45, 7) is 0.547. The fourth-order valence-corrected chi connectivity index (χ4v) is 3.03. The molecule has 0 bridgehead atoms. The number of nitrogens with zero attached hydrogens (tertiary/aromatic N) is 2. The van der Waals surface area contributed by atoms with Crippen molar-refractivity contribution >= 4 is 29.5 Å². The number of rotatable bonds is 4. The second-order valence-corrected chi connectivity index (χ2v) is 6.19. The molecule has 1 unspecified atom stereocenters. The highest BCUT2D eigenvalue weighted by molar-refractivity contribution is 7.99. The fraction of sp³-hybridized carbons (Fsp3) is 0.438. The number of hydrogen-bond acceptors (Lipinski definition) is 5. The van der Waals surface area contributed by atoms with Gasteiger partial charge in [-0.15, -0.1) is 0 Å². The Labute approximate surface area is 143 Å². The van der Waals surface area contributed by atoms with Gasteiger partial charge in [0.2, 0.25) is 5.91 Å². The Kier molecular flexibility index (Phi) is 6.19. The first kappa shape index (κ1) is 18.3. The molecule has 1 aromatic rings. The number of amides is 2. The number of piperazine rings is 1. The van der Waals surface area contributed by atoms with Crippen LogP contribution in [0.2, 0.25) is 0 Å². The molecule has 0 aliphatic carbocycles. The van der Waals surface area contributed by atoms with Crippen LogP contribution in [0.5, 0.6) is 0 Å². The average molecular weight is 354 g/mol. The predicted molar refractivity (Wildman–Crippen MR) is 88.2 cm³/mol. The van der Waals surface area contributed by atoms with E-state index >= 15 is 0 Å². The maximum absolute atomic E-state index is 13.3. The van der Waals surface area contributed by atoms with Crippen LogP contribution in [-0.2, 0) is 14.3 Å². The van der Waals surface area contributed by atoms with Gasteiger partial charge in [0.05, 0.1) is 19.4 Å². The number of carbonyl (C=O) groups is 3. The second kappa shape index (κ2) is 8.14. The summed E-state index contributed by atoms with van der Waals surface area (Å²) in [6, 6.07) is 4.54. The third-order valence-electron chi connectivity index (χ3n) is 3.80. The third kappa shape index (κ3) is 4.05. The van der Waals surface area contributed by atoms with Gasteiger partial charge < -0.3 is 14.5 Å². The first-order chi connectivity index (χ1) is 11.5. The van der Waals surface area contributed by atoms with Gasteiger partial charge in [-0.25, -0.2) is 9.18 Å². The van der Waals surface area contributed by atoms with Crippen LogP contribution in [0.1, 0.15) is 10.4 Å². The van der Waals surface area contributed by atoms with E-state index in [1.54, 1.807) is 6.26 Å². The van der Waals surface area contributed by atoms with E-state index in [1.807, 2.05) is 0 Å². The zero-order valence-electron chi connectivity index (χ0n) is 13.5. The molecular formula is C16H19FN2O4S. The lowest BCUT2D eigenvalue weighted by Gasteiger charge is -2.39. The van der Waals surface area contributed by atoms with Crippen molar-refractivity contribution < 1.29 is 23.5 Å². The van der Waals surface area contributed by atoms with Crippen molar-refractivity contribution in [2.24, 2.45) is 0 Å². The molecule has 0 saturated carbocycles. The minimum absolute atomic E-state index is 0.0299. The summed E-state index contributed by atoms with van der Waals surface area (Å²) >= 11 is 1.36. The van der Waals surface area contributed by atoms with Crippen LogP contribution >= 0.6 is 11.8 Å². The maximum atomic E-state index is 13.3. The van der Waals surface area contributed by atoms with E-state index in [0.717, 1.165) is 6.07 Å². The van der Waals surface area contributed by atoms with Crippen LogP contribution in [0.3, 0.4) is 0 Å². The van der Waals surface area contributed by atoms with Crippen LogP contribution in [-0.4, -0.2) is 72.4 Å². The number of ether oxygens (including phenoxy) is 1. The standard InChI is InChI=1S/C16H19FN2O4S/c1-23-16(22)13-9-18(6-7-19(13)14(20)10-24-2)15(21)11-4-3-5-12(17)8-11/h3-5,8,13H,6-7,9-10H2,1-2H3. The zero-order chi connectivity index (χ0) is 17.7. The Morgan fingerprint density at radius 1 is 1.33 bits per heavy atom. The van der Waals surface area contributed by atoms with E-state index in [0.29, 0.717) is 0 Å². The van der Waals surface area contributed by atoms with E-state index in [-0.39, 0.29) is 42.8 Å². The molecule has 130 valence electrons. The summed E-state index contributed by atoms with van der Waals surface area (Å²) < 4.78 is 18.1. The van der Waals surface area contributed by atoms with E-state index in [2.05, 4.69) is 0 Å². The Bertz CT molecular complexity index is 640. The number of methoxy groups -OCH3 is 1. The predicted octanol–water partition coefficient (Wildman–Crippen LogP) is 1.01. The highest BCUT2D eigenvalue weighted by Crippen LogP contribution is 2.16. The van der Waals surface area contributed by atoms with Crippen molar-refractivity contribution in [2.45, 2.75) is 6.04 Å². The number of esters is 1. The van der Waals surface area contributed by atoms with Gasteiger partial charge in [-0.2, -0.15) is 11.8 Å². The lowest BCUT2D eigenvalue weighted by atomic mass is 10.1. The molecular weight excluding hydrogens is 335 g/mol. The van der Waals surface area contributed by atoms with Gasteiger partial charge in [0.1, 0.15) is 11.9 Å². The van der Waals surface area contributed by atoms with Crippen LogP contribution in [0.4, 0.5) is 4.39 Å². The molecule has 8 heteroatoms. The Morgan fingerprint density at radius 2 is 2.08 bits per heavy atom. The molecule has 24 heavy (non-hydrogen) atoms. The first-order valence-corrected chi connectivity index (χ1v) is 8.78. The Hall–Kier alpha value is -2.09. The van der Waals surface area contributed by atoms with Gasteiger partial charge in [-0.05, 0) is 24.5 Å². The zero-order valence-corrected chi connectivity index (χ0v) is 14.3. The molecule has 2 rings (SSSR count).